The highest BCUT2D eigenvalue weighted by atomic mass is 32.1. The summed E-state index contributed by atoms with van der Waals surface area (Å²) in [5, 5.41) is 5.03. The number of nitrogens with one attached hydrogen (secondary N) is 1. The van der Waals surface area contributed by atoms with Gasteiger partial charge in [0.2, 0.25) is 5.91 Å². The van der Waals surface area contributed by atoms with E-state index in [1.54, 1.807) is 29.6 Å². The van der Waals surface area contributed by atoms with Crippen molar-refractivity contribution in [2.24, 2.45) is 5.73 Å². The molecule has 3 N–H and O–H groups in total. The highest BCUT2D eigenvalue weighted by molar-refractivity contribution is 7.09. The molecule has 5 nitrogen and oxygen atoms in total. The Hall–Kier alpha value is -2.21. The van der Waals surface area contributed by atoms with Crippen molar-refractivity contribution in [3.8, 4) is 0 Å². The first kappa shape index (κ1) is 13.2. The third kappa shape index (κ3) is 3.17. The SMILES string of the molecule is Cc1nc(C(=O)N[C@H](C(N)=O)c2ccccc2)cs1. The Morgan fingerprint density at radius 2 is 2.00 bits per heavy atom. The molecule has 0 bridgehead atoms. The molecule has 2 rings (SSSR count). The molecule has 0 saturated carbocycles. The number of nitrogens with zero attached hydrogens (tertiary/aromatic N) is 1. The Kier molecular flexibility index (Phi) is 3.91. The first-order valence-electron chi connectivity index (χ1n) is 5.65. The third-order valence-electron chi connectivity index (χ3n) is 2.54. The van der Waals surface area contributed by atoms with E-state index < -0.39 is 17.9 Å². The van der Waals surface area contributed by atoms with E-state index in [0.29, 0.717) is 11.3 Å². The number of thiazole rings is 1. The Morgan fingerprint density at radius 1 is 1.32 bits per heavy atom. The van der Waals surface area contributed by atoms with Crippen LogP contribution in [0, 0.1) is 6.92 Å². The van der Waals surface area contributed by atoms with Gasteiger partial charge in [-0.05, 0) is 12.5 Å². The predicted molar refractivity (Wildman–Crippen MR) is 72.7 cm³/mol. The molecule has 1 heterocycles. The summed E-state index contributed by atoms with van der Waals surface area (Å²) < 4.78 is 0. The summed E-state index contributed by atoms with van der Waals surface area (Å²) in [7, 11) is 0. The van der Waals surface area contributed by atoms with Crippen LogP contribution in [0.2, 0.25) is 0 Å². The van der Waals surface area contributed by atoms with Crippen LogP contribution < -0.4 is 11.1 Å². The minimum Gasteiger partial charge on any atom is -0.368 e. The molecule has 0 spiro atoms. The highest BCUT2D eigenvalue weighted by Gasteiger charge is 2.21. The maximum atomic E-state index is 12.0. The monoisotopic (exact) mass is 275 g/mol. The van der Waals surface area contributed by atoms with Crippen molar-refractivity contribution < 1.29 is 9.59 Å². The zero-order chi connectivity index (χ0) is 13.8. The highest BCUT2D eigenvalue weighted by Crippen LogP contribution is 2.14. The van der Waals surface area contributed by atoms with Crippen LogP contribution in [-0.2, 0) is 4.79 Å². The van der Waals surface area contributed by atoms with Crippen LogP contribution in [0.25, 0.3) is 0 Å². The fourth-order valence-electron chi connectivity index (χ4n) is 1.64. The lowest BCUT2D eigenvalue weighted by atomic mass is 10.1. The quantitative estimate of drug-likeness (QED) is 0.884. The first-order chi connectivity index (χ1) is 9.08. The summed E-state index contributed by atoms with van der Waals surface area (Å²) in [4.78, 5) is 27.5. The fraction of sp³-hybridized carbons (Fsp3) is 0.154. The van der Waals surface area contributed by atoms with E-state index in [1.165, 1.54) is 11.3 Å². The molecule has 0 fully saturated rings. The summed E-state index contributed by atoms with van der Waals surface area (Å²) in [6.45, 7) is 1.81. The molecular weight excluding hydrogens is 262 g/mol. The molecule has 19 heavy (non-hydrogen) atoms. The van der Waals surface area contributed by atoms with E-state index in [2.05, 4.69) is 10.3 Å². The number of hydrogen-bond donors (Lipinski definition) is 2. The van der Waals surface area contributed by atoms with Crippen molar-refractivity contribution in [2.75, 3.05) is 0 Å². The number of aryl methyl sites for hydroxylation is 1. The van der Waals surface area contributed by atoms with Crippen LogP contribution in [0.1, 0.15) is 27.1 Å². The average molecular weight is 275 g/mol. The molecule has 2 amide bonds. The van der Waals surface area contributed by atoms with Gasteiger partial charge >= 0.3 is 0 Å². The van der Waals surface area contributed by atoms with Crippen LogP contribution in [0.4, 0.5) is 0 Å². The number of amides is 2. The average Bonchev–Trinajstić information content (AvgIpc) is 2.83. The minimum absolute atomic E-state index is 0.296. The number of rotatable bonds is 4. The van der Waals surface area contributed by atoms with Gasteiger partial charge in [-0.3, -0.25) is 9.59 Å². The van der Waals surface area contributed by atoms with E-state index in [0.717, 1.165) is 5.01 Å². The number of benzene rings is 1. The molecule has 1 aromatic carbocycles. The number of primary amides is 1. The summed E-state index contributed by atoms with van der Waals surface area (Å²) in [5.74, 6) is -1.01. The molecular formula is C13H13N3O2S. The standard InChI is InChI=1S/C13H13N3O2S/c1-8-15-10(7-19-8)13(18)16-11(12(14)17)9-5-3-2-4-6-9/h2-7,11H,1H3,(H2,14,17)(H,16,18)/t11-/m0/s1. The van der Waals surface area contributed by atoms with Crippen LogP contribution in [0.3, 0.4) is 0 Å². The van der Waals surface area contributed by atoms with Crippen molar-refractivity contribution in [2.45, 2.75) is 13.0 Å². The van der Waals surface area contributed by atoms with E-state index in [4.69, 9.17) is 5.73 Å². The summed E-state index contributed by atoms with van der Waals surface area (Å²) in [6.07, 6.45) is 0. The Labute approximate surface area is 114 Å². The van der Waals surface area contributed by atoms with Crippen LogP contribution in [-0.4, -0.2) is 16.8 Å². The van der Waals surface area contributed by atoms with Crippen molar-refractivity contribution in [3.05, 3.63) is 52.0 Å². The van der Waals surface area contributed by atoms with Crippen molar-refractivity contribution in [1.82, 2.24) is 10.3 Å². The number of carbonyl (C=O) groups is 2. The van der Waals surface area contributed by atoms with Crippen molar-refractivity contribution in [3.63, 3.8) is 0 Å². The molecule has 1 aromatic heterocycles. The molecule has 2 aromatic rings. The Morgan fingerprint density at radius 3 is 2.53 bits per heavy atom. The molecule has 98 valence electrons. The van der Waals surface area contributed by atoms with Crippen LogP contribution in [0.15, 0.2) is 35.7 Å². The lowest BCUT2D eigenvalue weighted by Gasteiger charge is -2.14. The zero-order valence-electron chi connectivity index (χ0n) is 10.3. The van der Waals surface area contributed by atoms with Gasteiger partial charge in [0.25, 0.3) is 5.91 Å². The van der Waals surface area contributed by atoms with Crippen molar-refractivity contribution in [1.29, 1.82) is 0 Å². The largest absolute Gasteiger partial charge is 0.368 e. The Balaban J connectivity index is 2.18. The maximum absolute atomic E-state index is 12.0. The minimum atomic E-state index is -0.851. The second-order valence-electron chi connectivity index (χ2n) is 3.97. The normalized spacial score (nSPS) is 11.8. The van der Waals surface area contributed by atoms with Gasteiger partial charge in [-0.2, -0.15) is 0 Å². The molecule has 0 aliphatic carbocycles. The Bertz CT molecular complexity index is 595. The van der Waals surface area contributed by atoms with Gasteiger partial charge in [0.1, 0.15) is 11.7 Å². The van der Waals surface area contributed by atoms with Crippen molar-refractivity contribution >= 4 is 23.2 Å². The summed E-state index contributed by atoms with van der Waals surface area (Å²) >= 11 is 1.38. The second-order valence-corrected chi connectivity index (χ2v) is 5.03. The van der Waals surface area contributed by atoms with Gasteiger partial charge in [0.15, 0.2) is 0 Å². The van der Waals surface area contributed by atoms with Gasteiger partial charge in [-0.1, -0.05) is 30.3 Å². The summed E-state index contributed by atoms with van der Waals surface area (Å²) in [6, 6.07) is 8.02. The zero-order valence-corrected chi connectivity index (χ0v) is 11.1. The van der Waals surface area contributed by atoms with Gasteiger partial charge in [0.05, 0.1) is 5.01 Å². The smallest absolute Gasteiger partial charge is 0.271 e. The lowest BCUT2D eigenvalue weighted by molar-refractivity contribution is -0.120. The van der Waals surface area contributed by atoms with Crippen LogP contribution in [0.5, 0.6) is 0 Å². The molecule has 0 radical (unpaired) electrons. The fourth-order valence-corrected chi connectivity index (χ4v) is 2.23. The molecule has 0 unspecified atom stereocenters. The van der Waals surface area contributed by atoms with Gasteiger partial charge in [0, 0.05) is 5.38 Å². The predicted octanol–water partition coefficient (Wildman–Crippen LogP) is 1.41. The maximum Gasteiger partial charge on any atom is 0.271 e. The third-order valence-corrected chi connectivity index (χ3v) is 3.32. The molecule has 0 aliphatic rings. The van der Waals surface area contributed by atoms with Gasteiger partial charge < -0.3 is 11.1 Å². The number of hydrogen-bond acceptors (Lipinski definition) is 4. The number of aromatic nitrogens is 1. The summed E-state index contributed by atoms with van der Waals surface area (Å²) in [5.41, 5.74) is 6.27. The number of nitrogens with two attached hydrogens (primary N) is 1. The molecule has 6 heteroatoms. The topological polar surface area (TPSA) is 85.1 Å². The van der Waals surface area contributed by atoms with E-state index in [9.17, 15) is 9.59 Å². The van der Waals surface area contributed by atoms with E-state index in [-0.39, 0.29) is 0 Å². The van der Waals surface area contributed by atoms with E-state index >= 15 is 0 Å². The molecule has 0 aliphatic heterocycles. The van der Waals surface area contributed by atoms with Gasteiger partial charge in [-0.25, -0.2) is 4.98 Å². The molecule has 1 atom stereocenters. The molecule has 0 saturated heterocycles. The van der Waals surface area contributed by atoms with Crippen LogP contribution >= 0.6 is 11.3 Å². The number of carbonyl (C=O) groups excluding carboxylic acids is 2. The first-order valence-corrected chi connectivity index (χ1v) is 6.53. The second kappa shape index (κ2) is 5.62. The van der Waals surface area contributed by atoms with Gasteiger partial charge in [-0.15, -0.1) is 11.3 Å². The lowest BCUT2D eigenvalue weighted by Crippen LogP contribution is -2.37. The van der Waals surface area contributed by atoms with E-state index in [1.807, 2.05) is 13.0 Å².